The van der Waals surface area contributed by atoms with Crippen molar-refractivity contribution < 1.29 is 4.79 Å². The third kappa shape index (κ3) is 4.27. The Morgan fingerprint density at radius 1 is 1.65 bits per heavy atom. The minimum Gasteiger partial charge on any atom is -0.351 e. The molecule has 5 heteroatoms. The maximum absolute atomic E-state index is 11.9. The molecule has 1 amide bonds. The molecule has 0 radical (unpaired) electrons. The second-order valence-electron chi connectivity index (χ2n) is 4.02. The van der Waals surface area contributed by atoms with E-state index >= 15 is 0 Å². The van der Waals surface area contributed by atoms with Gasteiger partial charge in [-0.1, -0.05) is 40.9 Å². The zero-order valence-electron chi connectivity index (χ0n) is 10.1. The zero-order valence-corrected chi connectivity index (χ0v) is 13.2. The molecule has 1 heterocycles. The van der Waals surface area contributed by atoms with Gasteiger partial charge in [0.2, 0.25) is 0 Å². The minimum atomic E-state index is -0.0545. The molecule has 0 bridgehead atoms. The highest BCUT2D eigenvalue weighted by molar-refractivity contribution is 9.09. The number of nitrogens with one attached hydrogen (secondary N) is 1. The Bertz CT molecular complexity index is 381. The van der Waals surface area contributed by atoms with Gasteiger partial charge in [0.25, 0.3) is 5.91 Å². The lowest BCUT2D eigenvalue weighted by molar-refractivity contribution is 0.0950. The van der Waals surface area contributed by atoms with Crippen molar-refractivity contribution in [2.45, 2.75) is 26.7 Å². The minimum absolute atomic E-state index is 0.0545. The van der Waals surface area contributed by atoms with E-state index in [4.69, 9.17) is 11.6 Å². The molecule has 1 aromatic heterocycles. The third-order valence-corrected chi connectivity index (χ3v) is 4.90. The van der Waals surface area contributed by atoms with E-state index in [0.29, 0.717) is 22.4 Å². The molecule has 1 N–H and O–H groups in total. The number of rotatable bonds is 6. The van der Waals surface area contributed by atoms with E-state index in [9.17, 15) is 4.79 Å². The Balaban J connectivity index is 2.52. The largest absolute Gasteiger partial charge is 0.351 e. The van der Waals surface area contributed by atoms with Gasteiger partial charge in [0.1, 0.15) is 4.88 Å². The first-order chi connectivity index (χ1) is 8.10. The van der Waals surface area contributed by atoms with Gasteiger partial charge in [-0.15, -0.1) is 11.3 Å². The van der Waals surface area contributed by atoms with Crippen LogP contribution in [0, 0.1) is 12.8 Å². The summed E-state index contributed by atoms with van der Waals surface area (Å²) in [7, 11) is 0. The Morgan fingerprint density at radius 3 is 2.82 bits per heavy atom. The van der Waals surface area contributed by atoms with Crippen LogP contribution < -0.4 is 5.32 Å². The molecule has 96 valence electrons. The molecular weight excluding hydrogens is 322 g/mol. The van der Waals surface area contributed by atoms with Crippen LogP contribution >= 0.6 is 38.9 Å². The van der Waals surface area contributed by atoms with E-state index in [0.717, 1.165) is 23.7 Å². The molecule has 0 fully saturated rings. The van der Waals surface area contributed by atoms with Crippen LogP contribution in [-0.4, -0.2) is 17.8 Å². The Morgan fingerprint density at radius 2 is 2.35 bits per heavy atom. The van der Waals surface area contributed by atoms with E-state index in [1.54, 1.807) is 0 Å². The molecule has 0 saturated heterocycles. The van der Waals surface area contributed by atoms with Crippen molar-refractivity contribution in [2.75, 3.05) is 11.9 Å². The SMILES string of the molecule is CCC(CCBr)CNC(=O)c1scc(C)c1Cl. The monoisotopic (exact) mass is 337 g/mol. The molecule has 2 nitrogen and oxygen atoms in total. The van der Waals surface area contributed by atoms with Crippen molar-refractivity contribution in [3.63, 3.8) is 0 Å². The molecular formula is C12H17BrClNOS. The van der Waals surface area contributed by atoms with Crippen molar-refractivity contribution >= 4 is 44.8 Å². The molecule has 17 heavy (non-hydrogen) atoms. The molecule has 0 aliphatic carbocycles. The normalized spacial score (nSPS) is 12.5. The fourth-order valence-corrected chi connectivity index (χ4v) is 3.35. The molecule has 0 saturated carbocycles. The summed E-state index contributed by atoms with van der Waals surface area (Å²) >= 11 is 10.9. The summed E-state index contributed by atoms with van der Waals surface area (Å²) in [6, 6.07) is 0. The first-order valence-corrected chi connectivity index (χ1v) is 8.05. The van der Waals surface area contributed by atoms with E-state index in [1.807, 2.05) is 12.3 Å². The van der Waals surface area contributed by atoms with Crippen LogP contribution in [0.25, 0.3) is 0 Å². The maximum atomic E-state index is 11.9. The van der Waals surface area contributed by atoms with Gasteiger partial charge in [0.15, 0.2) is 0 Å². The van der Waals surface area contributed by atoms with Gasteiger partial charge in [-0.2, -0.15) is 0 Å². The first-order valence-electron chi connectivity index (χ1n) is 5.67. The first kappa shape index (κ1) is 15.0. The van der Waals surface area contributed by atoms with E-state index in [-0.39, 0.29) is 5.91 Å². The van der Waals surface area contributed by atoms with Crippen molar-refractivity contribution in [1.82, 2.24) is 5.32 Å². The highest BCUT2D eigenvalue weighted by Crippen LogP contribution is 2.26. The predicted molar refractivity (Wildman–Crippen MR) is 78.6 cm³/mol. The van der Waals surface area contributed by atoms with Gasteiger partial charge < -0.3 is 5.32 Å². The molecule has 0 aromatic carbocycles. The average Bonchev–Trinajstić information content (AvgIpc) is 2.65. The van der Waals surface area contributed by atoms with Crippen molar-refractivity contribution in [3.8, 4) is 0 Å². The van der Waals surface area contributed by atoms with Crippen LogP contribution in [0.15, 0.2) is 5.38 Å². The van der Waals surface area contributed by atoms with Crippen molar-refractivity contribution in [2.24, 2.45) is 5.92 Å². The van der Waals surface area contributed by atoms with E-state index in [1.165, 1.54) is 11.3 Å². The number of hydrogen-bond donors (Lipinski definition) is 1. The third-order valence-electron chi connectivity index (χ3n) is 2.75. The van der Waals surface area contributed by atoms with Crippen LogP contribution in [0.3, 0.4) is 0 Å². The van der Waals surface area contributed by atoms with Gasteiger partial charge in [-0.05, 0) is 30.2 Å². The standard InChI is InChI=1S/C12H17BrClNOS/c1-3-9(4-5-13)6-15-12(16)11-10(14)8(2)7-17-11/h7,9H,3-6H2,1-2H3,(H,15,16). The number of aryl methyl sites for hydroxylation is 1. The van der Waals surface area contributed by atoms with Gasteiger partial charge in [-0.25, -0.2) is 0 Å². The Kier molecular flexibility index (Phi) is 6.52. The van der Waals surface area contributed by atoms with Gasteiger partial charge >= 0.3 is 0 Å². The maximum Gasteiger partial charge on any atom is 0.262 e. The summed E-state index contributed by atoms with van der Waals surface area (Å²) in [5.41, 5.74) is 0.967. The fraction of sp³-hybridized carbons (Fsp3) is 0.583. The molecule has 1 unspecified atom stereocenters. The molecule has 1 rings (SSSR count). The van der Waals surface area contributed by atoms with E-state index < -0.39 is 0 Å². The van der Waals surface area contributed by atoms with Gasteiger partial charge in [-0.3, -0.25) is 4.79 Å². The van der Waals surface area contributed by atoms with Gasteiger partial charge in [0, 0.05) is 11.9 Å². The summed E-state index contributed by atoms with van der Waals surface area (Å²) in [4.78, 5) is 12.5. The number of halogens is 2. The lowest BCUT2D eigenvalue weighted by Crippen LogP contribution is -2.28. The van der Waals surface area contributed by atoms with Crippen LogP contribution in [-0.2, 0) is 0 Å². The Labute approximate surface area is 120 Å². The topological polar surface area (TPSA) is 29.1 Å². The Hall–Kier alpha value is -0.0600. The summed E-state index contributed by atoms with van der Waals surface area (Å²) in [5, 5.41) is 6.42. The number of hydrogen-bond acceptors (Lipinski definition) is 2. The van der Waals surface area contributed by atoms with Crippen molar-refractivity contribution in [3.05, 3.63) is 20.8 Å². The number of thiophene rings is 1. The van der Waals surface area contributed by atoms with Crippen LogP contribution in [0.2, 0.25) is 5.02 Å². The highest BCUT2D eigenvalue weighted by atomic mass is 79.9. The van der Waals surface area contributed by atoms with Crippen LogP contribution in [0.1, 0.15) is 35.0 Å². The molecule has 0 aliphatic heterocycles. The molecule has 1 aromatic rings. The summed E-state index contributed by atoms with van der Waals surface area (Å²) in [6.45, 7) is 4.77. The van der Waals surface area contributed by atoms with Crippen LogP contribution in [0.4, 0.5) is 0 Å². The fourth-order valence-electron chi connectivity index (χ4n) is 1.51. The van der Waals surface area contributed by atoms with Crippen molar-refractivity contribution in [1.29, 1.82) is 0 Å². The second kappa shape index (κ2) is 7.39. The lowest BCUT2D eigenvalue weighted by Gasteiger charge is -2.13. The number of amides is 1. The summed E-state index contributed by atoms with van der Waals surface area (Å²) < 4.78 is 0. The summed E-state index contributed by atoms with van der Waals surface area (Å²) in [6.07, 6.45) is 2.15. The van der Waals surface area contributed by atoms with E-state index in [2.05, 4.69) is 28.2 Å². The molecule has 1 atom stereocenters. The number of carbonyl (C=O) groups is 1. The number of carbonyl (C=O) groups excluding carboxylic acids is 1. The highest BCUT2D eigenvalue weighted by Gasteiger charge is 2.15. The summed E-state index contributed by atoms with van der Waals surface area (Å²) in [5.74, 6) is 0.472. The molecule has 0 aliphatic rings. The second-order valence-corrected chi connectivity index (χ2v) is 6.07. The lowest BCUT2D eigenvalue weighted by atomic mass is 10.0. The predicted octanol–water partition coefficient (Wildman–Crippen LogP) is 4.25. The quantitative estimate of drug-likeness (QED) is 0.772. The smallest absolute Gasteiger partial charge is 0.262 e. The van der Waals surface area contributed by atoms with Gasteiger partial charge in [0.05, 0.1) is 5.02 Å². The molecule has 0 spiro atoms. The number of alkyl halides is 1. The zero-order chi connectivity index (χ0) is 12.8. The average molecular weight is 339 g/mol. The van der Waals surface area contributed by atoms with Crippen LogP contribution in [0.5, 0.6) is 0 Å².